The van der Waals surface area contributed by atoms with Gasteiger partial charge in [-0.15, -0.1) is 0 Å². The van der Waals surface area contributed by atoms with Crippen molar-refractivity contribution in [3.8, 4) is 17.1 Å². The molecule has 0 bridgehead atoms. The van der Waals surface area contributed by atoms with Crippen molar-refractivity contribution in [3.05, 3.63) is 94.1 Å². The molecule has 1 aliphatic rings. The Kier molecular flexibility index (Phi) is 7.90. The lowest BCUT2D eigenvalue weighted by Gasteiger charge is -2.36. The maximum Gasteiger partial charge on any atom is 0.196 e. The minimum atomic E-state index is 0.0641. The molecule has 5 nitrogen and oxygen atoms in total. The van der Waals surface area contributed by atoms with Gasteiger partial charge in [0, 0.05) is 37.3 Å². The molecular weight excluding hydrogens is 460 g/mol. The number of methoxy groups -OCH3 is 1. The van der Waals surface area contributed by atoms with E-state index in [-0.39, 0.29) is 5.43 Å². The Bertz CT molecular complexity index is 1390. The predicted molar refractivity (Wildman–Crippen MR) is 152 cm³/mol. The molecule has 0 N–H and O–H groups in total. The van der Waals surface area contributed by atoms with Gasteiger partial charge < -0.3 is 14.1 Å². The first kappa shape index (κ1) is 25.1. The van der Waals surface area contributed by atoms with Crippen LogP contribution in [0.4, 0.5) is 5.69 Å². The monoisotopic (exact) mass is 496 g/mol. The lowest BCUT2D eigenvalue weighted by Crippen LogP contribution is -2.46. The number of rotatable bonds is 9. The molecule has 37 heavy (non-hydrogen) atoms. The van der Waals surface area contributed by atoms with E-state index in [0.717, 1.165) is 74.4 Å². The molecule has 0 spiro atoms. The van der Waals surface area contributed by atoms with Crippen LogP contribution in [0.1, 0.15) is 30.4 Å². The van der Waals surface area contributed by atoms with Crippen LogP contribution in [0, 0.1) is 6.92 Å². The Morgan fingerprint density at radius 2 is 1.59 bits per heavy atom. The van der Waals surface area contributed by atoms with Gasteiger partial charge in [0.25, 0.3) is 0 Å². The molecule has 0 amide bonds. The normalized spacial score (nSPS) is 14.3. The summed E-state index contributed by atoms with van der Waals surface area (Å²) in [5.41, 5.74) is 4.73. The maximum atomic E-state index is 13.1. The van der Waals surface area contributed by atoms with E-state index in [4.69, 9.17) is 9.15 Å². The number of hydrogen-bond donors (Lipinski definition) is 0. The van der Waals surface area contributed by atoms with E-state index in [0.29, 0.717) is 16.7 Å². The van der Waals surface area contributed by atoms with Crippen molar-refractivity contribution >= 4 is 16.7 Å². The molecule has 3 aromatic carbocycles. The Labute approximate surface area is 219 Å². The minimum absolute atomic E-state index is 0.0641. The van der Waals surface area contributed by atoms with Gasteiger partial charge in [-0.25, -0.2) is 0 Å². The largest absolute Gasteiger partial charge is 0.495 e. The van der Waals surface area contributed by atoms with Gasteiger partial charge in [0.05, 0.1) is 18.2 Å². The predicted octanol–water partition coefficient (Wildman–Crippen LogP) is 6.31. The second kappa shape index (κ2) is 11.7. The fourth-order valence-corrected chi connectivity index (χ4v) is 5.36. The van der Waals surface area contributed by atoms with Crippen LogP contribution in [-0.2, 0) is 6.42 Å². The van der Waals surface area contributed by atoms with E-state index in [1.54, 1.807) is 7.11 Å². The highest BCUT2D eigenvalue weighted by molar-refractivity contribution is 5.83. The van der Waals surface area contributed by atoms with E-state index in [9.17, 15) is 4.79 Å². The highest BCUT2D eigenvalue weighted by atomic mass is 16.5. The molecule has 0 radical (unpaired) electrons. The molecule has 0 unspecified atom stereocenters. The summed E-state index contributed by atoms with van der Waals surface area (Å²) in [6.07, 6.45) is 4.33. The number of aryl methyl sites for hydroxylation is 1. The van der Waals surface area contributed by atoms with E-state index >= 15 is 0 Å². The molecular formula is C32H36N2O3. The summed E-state index contributed by atoms with van der Waals surface area (Å²) in [6.45, 7) is 7.19. The summed E-state index contributed by atoms with van der Waals surface area (Å²) in [7, 11) is 1.74. The molecule has 5 rings (SSSR count). The first-order chi connectivity index (χ1) is 18.2. The standard InChI is InChI=1S/C32H36N2O3/c1-24-30(35)27-16-11-15-26(32(27)37-31(24)25-12-5-3-6-13-25)14-7-4-10-19-33-20-22-34(23-21-33)28-17-8-9-18-29(28)36-2/h3,5-6,8-9,11-13,15-18H,4,7,10,14,19-23H2,1-2H3. The molecule has 1 saturated heterocycles. The molecule has 0 aliphatic carbocycles. The van der Waals surface area contributed by atoms with Gasteiger partial charge in [-0.2, -0.15) is 0 Å². The van der Waals surface area contributed by atoms with Gasteiger partial charge in [-0.3, -0.25) is 9.69 Å². The lowest BCUT2D eigenvalue weighted by atomic mass is 10.0. The highest BCUT2D eigenvalue weighted by Gasteiger charge is 2.19. The Hall–Kier alpha value is -3.57. The summed E-state index contributed by atoms with van der Waals surface area (Å²) >= 11 is 0. The third-order valence-electron chi connectivity index (χ3n) is 7.48. The van der Waals surface area contributed by atoms with Gasteiger partial charge >= 0.3 is 0 Å². The third-order valence-corrected chi connectivity index (χ3v) is 7.48. The number of ether oxygens (including phenoxy) is 1. The number of anilines is 1. The minimum Gasteiger partial charge on any atom is -0.495 e. The van der Waals surface area contributed by atoms with Gasteiger partial charge in [-0.1, -0.05) is 61.0 Å². The number of hydrogen-bond acceptors (Lipinski definition) is 5. The zero-order valence-corrected chi connectivity index (χ0v) is 21.9. The number of nitrogens with zero attached hydrogens (tertiary/aromatic N) is 2. The van der Waals surface area contributed by atoms with Crippen LogP contribution in [0.15, 0.2) is 82.0 Å². The first-order valence-corrected chi connectivity index (χ1v) is 13.4. The number of para-hydroxylation sites is 3. The van der Waals surface area contributed by atoms with Gasteiger partial charge in [0.15, 0.2) is 5.43 Å². The van der Waals surface area contributed by atoms with Crippen LogP contribution in [0.25, 0.3) is 22.3 Å². The van der Waals surface area contributed by atoms with Crippen LogP contribution in [0.5, 0.6) is 5.75 Å². The van der Waals surface area contributed by atoms with Crippen molar-refractivity contribution in [3.63, 3.8) is 0 Å². The molecule has 4 aromatic rings. The maximum absolute atomic E-state index is 13.1. The second-order valence-electron chi connectivity index (χ2n) is 9.86. The average Bonchev–Trinajstić information content (AvgIpc) is 2.95. The number of fused-ring (bicyclic) bond motifs is 1. The number of benzene rings is 3. The topological polar surface area (TPSA) is 45.9 Å². The summed E-state index contributed by atoms with van der Waals surface area (Å²) < 4.78 is 11.9. The number of piperazine rings is 1. The molecule has 0 atom stereocenters. The summed E-state index contributed by atoms with van der Waals surface area (Å²) in [6, 6.07) is 24.2. The van der Waals surface area contributed by atoms with Crippen molar-refractivity contribution in [1.82, 2.24) is 4.90 Å². The highest BCUT2D eigenvalue weighted by Crippen LogP contribution is 2.29. The van der Waals surface area contributed by atoms with Crippen LogP contribution in [-0.4, -0.2) is 44.7 Å². The fourth-order valence-electron chi connectivity index (χ4n) is 5.36. The smallest absolute Gasteiger partial charge is 0.196 e. The van der Waals surface area contributed by atoms with Crippen LogP contribution < -0.4 is 15.1 Å². The van der Waals surface area contributed by atoms with Crippen LogP contribution in [0.2, 0.25) is 0 Å². The second-order valence-corrected chi connectivity index (χ2v) is 9.86. The van der Waals surface area contributed by atoms with Crippen LogP contribution in [0.3, 0.4) is 0 Å². The van der Waals surface area contributed by atoms with Crippen molar-refractivity contribution in [2.75, 3.05) is 44.7 Å². The summed E-state index contributed by atoms with van der Waals surface area (Å²) in [5.74, 6) is 1.63. The zero-order valence-electron chi connectivity index (χ0n) is 21.9. The van der Waals surface area contributed by atoms with E-state index < -0.39 is 0 Å². The van der Waals surface area contributed by atoms with E-state index in [2.05, 4.69) is 28.0 Å². The van der Waals surface area contributed by atoms with E-state index in [1.807, 2.05) is 61.5 Å². The van der Waals surface area contributed by atoms with E-state index in [1.165, 1.54) is 12.1 Å². The first-order valence-electron chi connectivity index (χ1n) is 13.4. The summed E-state index contributed by atoms with van der Waals surface area (Å²) in [5, 5.41) is 0.683. The zero-order chi connectivity index (χ0) is 25.6. The molecule has 0 saturated carbocycles. The Balaban J connectivity index is 1.15. The van der Waals surface area contributed by atoms with Crippen LogP contribution >= 0.6 is 0 Å². The molecule has 1 aliphatic heterocycles. The quantitative estimate of drug-likeness (QED) is 0.254. The molecule has 192 valence electrons. The Morgan fingerprint density at radius 1 is 0.838 bits per heavy atom. The molecule has 1 fully saturated rings. The SMILES string of the molecule is COc1ccccc1N1CCN(CCCCCc2cccc3c(=O)c(C)c(-c4ccccc4)oc23)CC1. The van der Waals surface area contributed by atoms with Gasteiger partial charge in [0.1, 0.15) is 17.1 Å². The van der Waals surface area contributed by atoms with Crippen molar-refractivity contribution < 1.29 is 9.15 Å². The fraction of sp³-hybridized carbons (Fsp3) is 0.344. The van der Waals surface area contributed by atoms with Gasteiger partial charge in [0.2, 0.25) is 0 Å². The molecule has 2 heterocycles. The molecule has 5 heteroatoms. The van der Waals surface area contributed by atoms with Crippen molar-refractivity contribution in [2.45, 2.75) is 32.6 Å². The van der Waals surface area contributed by atoms with Crippen molar-refractivity contribution in [2.24, 2.45) is 0 Å². The number of unbranched alkanes of at least 4 members (excludes halogenated alkanes) is 2. The third kappa shape index (κ3) is 5.57. The molecule has 1 aromatic heterocycles. The van der Waals surface area contributed by atoms with Gasteiger partial charge in [-0.05, 0) is 56.5 Å². The lowest BCUT2D eigenvalue weighted by molar-refractivity contribution is 0.251. The van der Waals surface area contributed by atoms with Crippen molar-refractivity contribution in [1.29, 1.82) is 0 Å². The Morgan fingerprint density at radius 3 is 2.38 bits per heavy atom. The average molecular weight is 497 g/mol. The summed E-state index contributed by atoms with van der Waals surface area (Å²) in [4.78, 5) is 18.1.